The maximum absolute atomic E-state index is 13.3. The maximum atomic E-state index is 13.3. The summed E-state index contributed by atoms with van der Waals surface area (Å²) in [7, 11) is 1.71. The molecule has 1 amide bonds. The average Bonchev–Trinajstić information content (AvgIpc) is 3.46. The van der Waals surface area contributed by atoms with Crippen LogP contribution < -0.4 is 11.1 Å². The summed E-state index contributed by atoms with van der Waals surface area (Å²) < 4.78 is 17.6. The Morgan fingerprint density at radius 1 is 1.06 bits per heavy atom. The Morgan fingerprint density at radius 3 is 2.53 bits per heavy atom. The normalized spacial score (nSPS) is 27.7. The molecular formula is C27H24N4O3. The van der Waals surface area contributed by atoms with Crippen molar-refractivity contribution >= 4 is 49.5 Å². The van der Waals surface area contributed by atoms with Crippen LogP contribution in [0.15, 0.2) is 48.5 Å². The number of ether oxygens (including phenoxy) is 2. The van der Waals surface area contributed by atoms with Gasteiger partial charge in [0.1, 0.15) is 12.3 Å². The smallest absolute Gasteiger partial charge is 0.252 e. The summed E-state index contributed by atoms with van der Waals surface area (Å²) >= 11 is 0. The molecule has 2 bridgehead atoms. The Bertz CT molecular complexity index is 1730. The van der Waals surface area contributed by atoms with Gasteiger partial charge in [-0.25, -0.2) is 0 Å². The molecule has 0 spiro atoms. The molecule has 4 atom stereocenters. The van der Waals surface area contributed by atoms with Gasteiger partial charge < -0.3 is 29.7 Å². The van der Waals surface area contributed by atoms with Crippen molar-refractivity contribution in [2.75, 3.05) is 7.11 Å². The fourth-order valence-corrected chi connectivity index (χ4v) is 7.12. The number of hydrogen-bond donors (Lipinski definition) is 2. The first-order chi connectivity index (χ1) is 16.5. The maximum Gasteiger partial charge on any atom is 0.252 e. The first-order valence-electron chi connectivity index (χ1n) is 11.8. The van der Waals surface area contributed by atoms with Gasteiger partial charge in [-0.1, -0.05) is 36.4 Å². The molecule has 5 aromatic rings. The lowest BCUT2D eigenvalue weighted by atomic mass is 9.93. The van der Waals surface area contributed by atoms with E-state index in [2.05, 4.69) is 57.8 Å². The van der Waals surface area contributed by atoms with Gasteiger partial charge in [0.15, 0.2) is 5.72 Å². The molecular weight excluding hydrogens is 428 g/mol. The summed E-state index contributed by atoms with van der Waals surface area (Å²) in [5.41, 5.74) is 12.0. The molecule has 3 N–H and O–H groups in total. The predicted molar refractivity (Wildman–Crippen MR) is 131 cm³/mol. The summed E-state index contributed by atoms with van der Waals surface area (Å²) in [6.07, 6.45) is 0.00921. The molecule has 5 heterocycles. The second-order valence-corrected chi connectivity index (χ2v) is 9.91. The molecule has 2 aromatic heterocycles. The number of fused-ring (bicyclic) bond motifs is 13. The molecule has 3 aromatic carbocycles. The van der Waals surface area contributed by atoms with E-state index in [0.717, 1.165) is 54.7 Å². The summed E-state index contributed by atoms with van der Waals surface area (Å²) in [5.74, 6) is -0.0116. The molecule has 7 heteroatoms. The summed E-state index contributed by atoms with van der Waals surface area (Å²) in [4.78, 5) is 13.3. The van der Waals surface area contributed by atoms with Crippen LogP contribution in [0.3, 0.4) is 0 Å². The molecule has 3 aliphatic rings. The third kappa shape index (κ3) is 1.92. The van der Waals surface area contributed by atoms with Gasteiger partial charge in [0, 0.05) is 47.7 Å². The number of nitrogens with one attached hydrogen (secondary N) is 1. The van der Waals surface area contributed by atoms with Crippen molar-refractivity contribution in [1.29, 1.82) is 0 Å². The van der Waals surface area contributed by atoms with Crippen molar-refractivity contribution in [2.24, 2.45) is 5.73 Å². The monoisotopic (exact) mass is 452 g/mol. The highest BCUT2D eigenvalue weighted by molar-refractivity contribution is 6.31. The minimum atomic E-state index is -0.824. The van der Waals surface area contributed by atoms with Gasteiger partial charge in [-0.3, -0.25) is 4.79 Å². The Hall–Kier alpha value is -3.39. The van der Waals surface area contributed by atoms with E-state index in [0.29, 0.717) is 13.0 Å². The average molecular weight is 453 g/mol. The van der Waals surface area contributed by atoms with Crippen LogP contribution in [-0.2, 0) is 21.7 Å². The highest BCUT2D eigenvalue weighted by Gasteiger charge is 2.52. The molecule has 7 nitrogen and oxygen atoms in total. The lowest BCUT2D eigenvalue weighted by Gasteiger charge is -2.47. The van der Waals surface area contributed by atoms with Gasteiger partial charge in [0.05, 0.1) is 27.6 Å². The fourth-order valence-electron chi connectivity index (χ4n) is 7.12. The van der Waals surface area contributed by atoms with Gasteiger partial charge in [-0.2, -0.15) is 0 Å². The van der Waals surface area contributed by atoms with Crippen LogP contribution in [-0.4, -0.2) is 34.3 Å². The minimum Gasteiger partial charge on any atom is -0.375 e. The number of nitrogens with zero attached hydrogens (tertiary/aromatic N) is 2. The molecule has 0 unspecified atom stereocenters. The standard InChI is InChI=1S/C27H24N4O3/c1-27-25(33-2)16(28)11-19(34-27)30-17-9-5-3-7-13(17)21-22-15(12-29-26(22)32)20-14-8-4-6-10-18(14)31(27)24(20)23(21)30/h3-10,16,19,25H,11-12,28H2,1-2H3,(H,29,32)/t16-,19+,25-,27-/m0/s1. The van der Waals surface area contributed by atoms with Crippen molar-refractivity contribution < 1.29 is 14.3 Å². The van der Waals surface area contributed by atoms with Crippen LogP contribution >= 0.6 is 0 Å². The number of amides is 1. The Balaban J connectivity index is 1.75. The minimum absolute atomic E-state index is 0.0116. The van der Waals surface area contributed by atoms with Crippen molar-refractivity contribution in [3.05, 3.63) is 59.7 Å². The first-order valence-corrected chi connectivity index (χ1v) is 11.8. The molecule has 8 rings (SSSR count). The predicted octanol–water partition coefficient (Wildman–Crippen LogP) is 4.09. The van der Waals surface area contributed by atoms with Crippen molar-refractivity contribution in [1.82, 2.24) is 14.5 Å². The number of carbonyl (C=O) groups excluding carboxylic acids is 1. The van der Waals surface area contributed by atoms with Crippen molar-refractivity contribution in [2.45, 2.75) is 44.0 Å². The molecule has 3 aliphatic heterocycles. The van der Waals surface area contributed by atoms with Crippen molar-refractivity contribution in [3.63, 3.8) is 0 Å². The summed E-state index contributed by atoms with van der Waals surface area (Å²) in [5, 5.41) is 7.40. The summed E-state index contributed by atoms with van der Waals surface area (Å²) in [6, 6.07) is 16.5. The lowest BCUT2D eigenvalue weighted by Crippen LogP contribution is -2.59. The van der Waals surface area contributed by atoms with Gasteiger partial charge >= 0.3 is 0 Å². The van der Waals surface area contributed by atoms with E-state index in [4.69, 9.17) is 15.2 Å². The number of nitrogens with two attached hydrogens (primary N) is 1. The van der Waals surface area contributed by atoms with Crippen LogP contribution in [0.1, 0.15) is 35.5 Å². The highest BCUT2D eigenvalue weighted by atomic mass is 16.6. The Kier molecular flexibility index (Phi) is 3.34. The number of benzene rings is 3. The molecule has 1 saturated heterocycles. The summed E-state index contributed by atoms with van der Waals surface area (Å²) in [6.45, 7) is 2.61. The van der Waals surface area contributed by atoms with E-state index >= 15 is 0 Å². The number of carbonyl (C=O) groups is 1. The third-order valence-electron chi connectivity index (χ3n) is 8.27. The van der Waals surface area contributed by atoms with Crippen LogP contribution in [0.2, 0.25) is 0 Å². The molecule has 0 radical (unpaired) electrons. The van der Waals surface area contributed by atoms with Gasteiger partial charge in [0.25, 0.3) is 5.91 Å². The second kappa shape index (κ2) is 5.99. The SMILES string of the molecule is CO[C@H]1[C@@H](N)C[C@H]2O[C@]1(C)n1c3ccccc3c3c4c(c5c6ccccc6n2c5c31)C(=O)NC4. The molecule has 34 heavy (non-hydrogen) atoms. The molecule has 170 valence electrons. The highest BCUT2D eigenvalue weighted by Crippen LogP contribution is 2.53. The van der Waals surface area contributed by atoms with Gasteiger partial charge in [-0.05, 0) is 24.6 Å². The number of methoxy groups -OCH3 is 1. The number of hydrogen-bond acceptors (Lipinski definition) is 4. The van der Waals surface area contributed by atoms with E-state index in [-0.39, 0.29) is 24.3 Å². The Labute approximate surface area is 195 Å². The molecule has 0 aliphatic carbocycles. The lowest BCUT2D eigenvalue weighted by molar-refractivity contribution is -0.252. The number of rotatable bonds is 1. The topological polar surface area (TPSA) is 83.4 Å². The third-order valence-corrected chi connectivity index (χ3v) is 8.27. The van der Waals surface area contributed by atoms with E-state index in [1.165, 1.54) is 0 Å². The van der Waals surface area contributed by atoms with Crippen LogP contribution in [0.4, 0.5) is 0 Å². The number of aromatic nitrogens is 2. The van der Waals surface area contributed by atoms with E-state index in [1.54, 1.807) is 7.11 Å². The van der Waals surface area contributed by atoms with Crippen LogP contribution in [0.5, 0.6) is 0 Å². The Morgan fingerprint density at radius 2 is 1.76 bits per heavy atom. The zero-order valence-electron chi connectivity index (χ0n) is 19.0. The molecule has 0 saturated carbocycles. The zero-order chi connectivity index (χ0) is 22.9. The molecule has 1 fully saturated rings. The van der Waals surface area contributed by atoms with E-state index < -0.39 is 5.72 Å². The van der Waals surface area contributed by atoms with Crippen molar-refractivity contribution in [3.8, 4) is 0 Å². The number of para-hydroxylation sites is 2. The zero-order valence-corrected chi connectivity index (χ0v) is 19.0. The largest absolute Gasteiger partial charge is 0.375 e. The quantitative estimate of drug-likeness (QED) is 0.401. The first kappa shape index (κ1) is 19.0. The fraction of sp³-hybridized carbons (Fsp3) is 0.296. The van der Waals surface area contributed by atoms with E-state index in [1.807, 2.05) is 12.1 Å². The second-order valence-electron chi connectivity index (χ2n) is 9.91. The van der Waals surface area contributed by atoms with Gasteiger partial charge in [0.2, 0.25) is 0 Å². The van der Waals surface area contributed by atoms with Crippen LogP contribution in [0.25, 0.3) is 43.6 Å². The van der Waals surface area contributed by atoms with E-state index in [9.17, 15) is 4.79 Å². The van der Waals surface area contributed by atoms with Crippen LogP contribution in [0, 0.1) is 0 Å². The van der Waals surface area contributed by atoms with Gasteiger partial charge in [-0.15, -0.1) is 0 Å².